The molecule has 0 N–H and O–H groups in total. The Hall–Kier alpha value is -0.541. The first kappa shape index (κ1) is 13.5. The molecule has 0 aromatic heterocycles. The van der Waals surface area contributed by atoms with Crippen LogP contribution < -0.4 is 0 Å². The summed E-state index contributed by atoms with van der Waals surface area (Å²) in [7, 11) is 5.15. The Morgan fingerprint density at radius 3 is 2.71 bits per heavy atom. The first-order valence-corrected chi connectivity index (χ1v) is 7.30. The number of rotatable bonds is 6. The van der Waals surface area contributed by atoms with Gasteiger partial charge in [-0.15, -0.1) is 0 Å². The van der Waals surface area contributed by atoms with Crippen LogP contribution in [0, 0.1) is 0 Å². The van der Waals surface area contributed by atoms with Crippen LogP contribution in [0.3, 0.4) is 0 Å². The maximum absolute atomic E-state index is 11.3. The summed E-state index contributed by atoms with van der Waals surface area (Å²) in [6.45, 7) is 0. The molecule has 0 spiro atoms. The second-order valence-corrected chi connectivity index (χ2v) is 5.12. The predicted octanol–water partition coefficient (Wildman–Crippen LogP) is 0.679. The maximum atomic E-state index is 11.3. The van der Waals surface area contributed by atoms with Gasteiger partial charge in [-0.25, -0.2) is 0 Å². The molecule has 0 saturated carbocycles. The minimum atomic E-state index is -0.329. The van der Waals surface area contributed by atoms with Gasteiger partial charge in [0.2, 0.25) is 0 Å². The van der Waals surface area contributed by atoms with E-state index in [1.807, 2.05) is 19.0 Å². The van der Waals surface area contributed by atoms with Crippen LogP contribution in [0.5, 0.6) is 0 Å². The number of esters is 1. The molecule has 0 amide bonds. The van der Waals surface area contributed by atoms with E-state index < -0.39 is 0 Å². The number of aliphatic imine (C=N–C) groups is 1. The van der Waals surface area contributed by atoms with Gasteiger partial charge >= 0.3 is 91.5 Å². The number of ether oxygens (including phenoxy) is 1. The third-order valence-electron chi connectivity index (χ3n) is 1.55. The van der Waals surface area contributed by atoms with Gasteiger partial charge in [0.15, 0.2) is 0 Å². The summed E-state index contributed by atoms with van der Waals surface area (Å²) in [6, 6.07) is -0.329. The van der Waals surface area contributed by atoms with E-state index in [1.54, 1.807) is 6.34 Å². The minimum absolute atomic E-state index is 0.243. The van der Waals surface area contributed by atoms with Gasteiger partial charge in [0, 0.05) is 0 Å². The van der Waals surface area contributed by atoms with Gasteiger partial charge in [-0.2, -0.15) is 0 Å². The van der Waals surface area contributed by atoms with Crippen molar-refractivity contribution < 1.29 is 9.53 Å². The van der Waals surface area contributed by atoms with Gasteiger partial charge in [0.25, 0.3) is 0 Å². The van der Waals surface area contributed by atoms with E-state index in [2.05, 4.69) is 15.6 Å². The van der Waals surface area contributed by atoms with Gasteiger partial charge in [-0.05, 0) is 0 Å². The fourth-order valence-corrected chi connectivity index (χ4v) is 1.80. The number of hydrogen-bond donors (Lipinski definition) is 0. The molecule has 0 aromatic carbocycles. The Kier molecular flexibility index (Phi) is 7.52. The first-order valence-electron chi connectivity index (χ1n) is 4.38. The molecule has 14 heavy (non-hydrogen) atoms. The van der Waals surface area contributed by atoms with Gasteiger partial charge in [0.05, 0.1) is 0 Å². The van der Waals surface area contributed by atoms with E-state index in [-0.39, 0.29) is 12.0 Å². The normalized spacial score (nSPS) is 12.9. The Morgan fingerprint density at radius 2 is 2.29 bits per heavy atom. The van der Waals surface area contributed by atoms with E-state index in [0.717, 1.165) is 11.7 Å². The van der Waals surface area contributed by atoms with E-state index in [9.17, 15) is 4.79 Å². The number of nitrogens with zero attached hydrogens (tertiary/aromatic N) is 2. The Bertz CT molecular complexity index is 195. The summed E-state index contributed by atoms with van der Waals surface area (Å²) in [5.41, 5.74) is 0. The molecule has 0 aliphatic heterocycles. The molecule has 0 aromatic rings. The van der Waals surface area contributed by atoms with Crippen molar-refractivity contribution in [3.8, 4) is 0 Å². The summed E-state index contributed by atoms with van der Waals surface area (Å²) in [6.07, 6.45) is 2.44. The summed E-state index contributed by atoms with van der Waals surface area (Å²) < 4.78 is 4.68. The van der Waals surface area contributed by atoms with E-state index in [0.29, 0.717) is 15.0 Å². The van der Waals surface area contributed by atoms with Crippen LogP contribution in [0.25, 0.3) is 0 Å². The molecule has 4 nitrogen and oxygen atoms in total. The molecule has 0 saturated heterocycles. The number of carbonyl (C=O) groups excluding carboxylic acids is 1. The Balaban J connectivity index is 4.17. The van der Waals surface area contributed by atoms with Gasteiger partial charge in [-0.3, -0.25) is 0 Å². The first-order chi connectivity index (χ1) is 6.61. The van der Waals surface area contributed by atoms with Crippen LogP contribution in [0.15, 0.2) is 4.99 Å². The summed E-state index contributed by atoms with van der Waals surface area (Å²) in [5, 5.41) is 1.05. The van der Waals surface area contributed by atoms with Crippen molar-refractivity contribution in [2.24, 2.45) is 4.99 Å². The zero-order chi connectivity index (χ0) is 11.0. The molecule has 0 rings (SSSR count). The van der Waals surface area contributed by atoms with Crippen molar-refractivity contribution in [2.75, 3.05) is 21.2 Å². The summed E-state index contributed by atoms with van der Waals surface area (Å²) >= 11 is 0.583. The van der Waals surface area contributed by atoms with Gasteiger partial charge in [0.1, 0.15) is 0 Å². The molecule has 0 radical (unpaired) electrons. The number of carbonyl (C=O) groups is 1. The molecule has 0 bridgehead atoms. The Morgan fingerprint density at radius 1 is 1.64 bits per heavy atom. The standard InChI is InChI=1S/C9H18N2O2Se/c1-11(2)7-10-8(5-6-14-4)9(12)13-3/h7-8H,5-6H2,1-4H3. The molecule has 82 valence electrons. The fraction of sp³-hybridized carbons (Fsp3) is 0.778. The quantitative estimate of drug-likeness (QED) is 0.307. The average Bonchev–Trinajstić information content (AvgIpc) is 2.16. The van der Waals surface area contributed by atoms with E-state index >= 15 is 0 Å². The Labute approximate surface area is 91.9 Å². The average molecular weight is 265 g/mol. The van der Waals surface area contributed by atoms with E-state index in [1.165, 1.54) is 7.11 Å². The zero-order valence-corrected chi connectivity index (χ0v) is 10.9. The van der Waals surface area contributed by atoms with Crippen molar-refractivity contribution >= 4 is 27.3 Å². The number of methoxy groups -OCH3 is 1. The third kappa shape index (κ3) is 6.00. The van der Waals surface area contributed by atoms with Crippen LogP contribution in [-0.2, 0) is 9.53 Å². The molecule has 0 fully saturated rings. The van der Waals surface area contributed by atoms with Crippen LogP contribution in [0.4, 0.5) is 0 Å². The van der Waals surface area contributed by atoms with E-state index in [4.69, 9.17) is 0 Å². The van der Waals surface area contributed by atoms with Crippen LogP contribution >= 0.6 is 0 Å². The predicted molar refractivity (Wildman–Crippen MR) is 59.0 cm³/mol. The SMILES string of the molecule is COC(=O)C(CC[Se]C)N=CN(C)C. The molecule has 5 heteroatoms. The summed E-state index contributed by atoms with van der Waals surface area (Å²) in [5.74, 6) is 1.91. The van der Waals surface area contributed by atoms with Crippen molar-refractivity contribution in [3.63, 3.8) is 0 Å². The molecule has 0 aliphatic carbocycles. The second kappa shape index (κ2) is 7.83. The zero-order valence-electron chi connectivity index (χ0n) is 9.19. The monoisotopic (exact) mass is 266 g/mol. The van der Waals surface area contributed by atoms with Crippen molar-refractivity contribution in [3.05, 3.63) is 0 Å². The molecule has 1 atom stereocenters. The molecule has 0 heterocycles. The topological polar surface area (TPSA) is 41.9 Å². The number of hydrogen-bond acceptors (Lipinski definition) is 3. The summed E-state index contributed by atoms with van der Waals surface area (Å²) in [4.78, 5) is 17.3. The molecule has 0 aliphatic rings. The fourth-order valence-electron chi connectivity index (χ4n) is 0.833. The van der Waals surface area contributed by atoms with Gasteiger partial charge in [-0.1, -0.05) is 0 Å². The van der Waals surface area contributed by atoms with Crippen molar-refractivity contribution in [2.45, 2.75) is 23.6 Å². The molecular weight excluding hydrogens is 247 g/mol. The van der Waals surface area contributed by atoms with Crippen LogP contribution in [0.2, 0.25) is 11.1 Å². The van der Waals surface area contributed by atoms with Gasteiger partial charge < -0.3 is 0 Å². The van der Waals surface area contributed by atoms with Crippen LogP contribution in [-0.4, -0.2) is 59.4 Å². The van der Waals surface area contributed by atoms with Crippen molar-refractivity contribution in [1.82, 2.24) is 4.90 Å². The molecule has 1 unspecified atom stereocenters. The third-order valence-corrected chi connectivity index (χ3v) is 2.90. The molecular formula is C9H18N2O2Se. The van der Waals surface area contributed by atoms with Crippen LogP contribution in [0.1, 0.15) is 6.42 Å². The second-order valence-electron chi connectivity index (χ2n) is 3.05. The van der Waals surface area contributed by atoms with Crippen molar-refractivity contribution in [1.29, 1.82) is 0 Å².